The van der Waals surface area contributed by atoms with Crippen molar-refractivity contribution in [2.24, 2.45) is 0 Å². The summed E-state index contributed by atoms with van der Waals surface area (Å²) in [6.45, 7) is 13.4. The molecule has 1 rings (SSSR count). The zero-order valence-corrected chi connectivity index (χ0v) is 12.1. The summed E-state index contributed by atoms with van der Waals surface area (Å²) in [4.78, 5) is 4.18. The van der Waals surface area contributed by atoms with E-state index in [-0.39, 0.29) is 0 Å². The minimum Gasteiger partial charge on any atom is -0.335 e. The molecule has 0 saturated heterocycles. The number of imidazole rings is 1. The van der Waals surface area contributed by atoms with E-state index in [0.717, 1.165) is 12.4 Å². The van der Waals surface area contributed by atoms with Crippen LogP contribution in [0.15, 0.2) is 12.4 Å². The molecule has 0 saturated carbocycles. The minimum absolute atomic E-state index is 1.13. The van der Waals surface area contributed by atoms with Gasteiger partial charge in [0, 0.05) is 18.9 Å². The van der Waals surface area contributed by atoms with Gasteiger partial charge in [0.15, 0.2) is 0 Å². The summed E-state index contributed by atoms with van der Waals surface area (Å²) >= 11 is 0. The van der Waals surface area contributed by atoms with Gasteiger partial charge in [0.1, 0.15) is 5.82 Å². The number of aromatic nitrogens is 2. The van der Waals surface area contributed by atoms with Crippen molar-refractivity contribution in [3.63, 3.8) is 0 Å². The van der Waals surface area contributed by atoms with E-state index in [9.17, 15) is 0 Å². The van der Waals surface area contributed by atoms with E-state index in [2.05, 4.69) is 29.6 Å². The van der Waals surface area contributed by atoms with Crippen LogP contribution in [0.4, 0.5) is 0 Å². The third-order valence-electron chi connectivity index (χ3n) is 2.18. The van der Waals surface area contributed by atoms with Crippen LogP contribution in [-0.4, -0.2) is 9.55 Å². The van der Waals surface area contributed by atoms with Crippen LogP contribution in [0.5, 0.6) is 0 Å². The summed E-state index contributed by atoms with van der Waals surface area (Å²) in [5.74, 6) is 1.13. The molecule has 0 spiro atoms. The van der Waals surface area contributed by atoms with Crippen LogP contribution >= 0.6 is 0 Å². The number of nitrogens with zero attached hydrogens (tertiary/aromatic N) is 2. The Hall–Kier alpha value is -0.790. The maximum Gasteiger partial charge on any atom is 0.105 e. The molecule has 0 aliphatic heterocycles. The van der Waals surface area contributed by atoms with Crippen molar-refractivity contribution in [2.75, 3.05) is 0 Å². The monoisotopic (exact) mass is 226 g/mol. The van der Waals surface area contributed by atoms with Gasteiger partial charge in [-0.15, -0.1) is 0 Å². The summed E-state index contributed by atoms with van der Waals surface area (Å²) in [6, 6.07) is 0. The maximum absolute atomic E-state index is 4.18. The molecule has 0 atom stereocenters. The van der Waals surface area contributed by atoms with E-state index in [1.807, 2.05) is 33.9 Å². The summed E-state index contributed by atoms with van der Waals surface area (Å²) in [6.07, 6.45) is 9.21. The van der Waals surface area contributed by atoms with Crippen LogP contribution < -0.4 is 0 Å². The van der Waals surface area contributed by atoms with E-state index in [1.165, 1.54) is 25.7 Å². The van der Waals surface area contributed by atoms with Gasteiger partial charge in [-0.05, 0) is 13.3 Å². The van der Waals surface area contributed by atoms with Crippen LogP contribution in [0.3, 0.4) is 0 Å². The molecule has 0 N–H and O–H groups in total. The van der Waals surface area contributed by atoms with Gasteiger partial charge in [-0.1, -0.05) is 53.9 Å². The molecule has 0 aliphatic carbocycles. The maximum atomic E-state index is 4.18. The Kier molecular flexibility index (Phi) is 15.6. The normalized spacial score (nSPS) is 8.62. The fraction of sp³-hybridized carbons (Fsp3) is 0.786. The minimum atomic E-state index is 1.13. The number of unbranched alkanes of at least 4 members (excludes halogenated alkanes) is 3. The number of rotatable bonds is 5. The molecule has 1 aromatic rings. The number of hydrogen-bond acceptors (Lipinski definition) is 1. The average Bonchev–Trinajstić information content (AvgIpc) is 2.76. The van der Waals surface area contributed by atoms with Crippen LogP contribution in [0, 0.1) is 6.92 Å². The van der Waals surface area contributed by atoms with Crippen molar-refractivity contribution in [1.82, 2.24) is 9.55 Å². The SMILES string of the molecule is CC.CC.CCCCCCn1ccnc1C. The van der Waals surface area contributed by atoms with Crippen molar-refractivity contribution in [2.45, 2.75) is 73.8 Å². The first-order valence-electron chi connectivity index (χ1n) is 6.82. The molecular weight excluding hydrogens is 196 g/mol. The molecule has 96 valence electrons. The molecule has 16 heavy (non-hydrogen) atoms. The average molecular weight is 226 g/mol. The zero-order valence-electron chi connectivity index (χ0n) is 12.1. The van der Waals surface area contributed by atoms with E-state index < -0.39 is 0 Å². The van der Waals surface area contributed by atoms with Crippen molar-refractivity contribution in [3.05, 3.63) is 18.2 Å². The smallest absolute Gasteiger partial charge is 0.105 e. The van der Waals surface area contributed by atoms with Gasteiger partial charge in [0.05, 0.1) is 0 Å². The summed E-state index contributed by atoms with van der Waals surface area (Å²) < 4.78 is 2.22. The summed E-state index contributed by atoms with van der Waals surface area (Å²) in [5.41, 5.74) is 0. The molecule has 1 aromatic heterocycles. The number of aryl methyl sites for hydroxylation is 2. The first-order valence-corrected chi connectivity index (χ1v) is 6.82. The Labute approximate surface area is 102 Å². The fourth-order valence-corrected chi connectivity index (χ4v) is 1.35. The zero-order chi connectivity index (χ0) is 12.8. The van der Waals surface area contributed by atoms with Gasteiger partial charge >= 0.3 is 0 Å². The molecular formula is C14H30N2. The Morgan fingerprint density at radius 1 is 1.06 bits per heavy atom. The third-order valence-corrected chi connectivity index (χ3v) is 2.18. The second-order valence-electron chi connectivity index (χ2n) is 3.23. The van der Waals surface area contributed by atoms with Crippen molar-refractivity contribution in [3.8, 4) is 0 Å². The lowest BCUT2D eigenvalue weighted by atomic mass is 10.2. The standard InChI is InChI=1S/C10H18N2.2C2H6/c1-3-4-5-6-8-12-9-7-11-10(12)2;2*1-2/h7,9H,3-6,8H2,1-2H3;2*1-2H3. The van der Waals surface area contributed by atoms with Gasteiger partial charge in [0.2, 0.25) is 0 Å². The van der Waals surface area contributed by atoms with Crippen molar-refractivity contribution >= 4 is 0 Å². The Morgan fingerprint density at radius 2 is 1.69 bits per heavy atom. The lowest BCUT2D eigenvalue weighted by Gasteiger charge is -2.03. The molecule has 0 amide bonds. The molecule has 0 unspecified atom stereocenters. The highest BCUT2D eigenvalue weighted by Gasteiger charge is 1.94. The van der Waals surface area contributed by atoms with Crippen LogP contribution in [0.25, 0.3) is 0 Å². The molecule has 0 aliphatic rings. The van der Waals surface area contributed by atoms with Gasteiger partial charge in [-0.25, -0.2) is 4.98 Å². The molecule has 0 radical (unpaired) electrons. The van der Waals surface area contributed by atoms with Gasteiger partial charge in [-0.2, -0.15) is 0 Å². The summed E-state index contributed by atoms with van der Waals surface area (Å²) in [7, 11) is 0. The molecule has 0 bridgehead atoms. The molecule has 0 fully saturated rings. The van der Waals surface area contributed by atoms with E-state index in [4.69, 9.17) is 0 Å². The second-order valence-corrected chi connectivity index (χ2v) is 3.23. The van der Waals surface area contributed by atoms with Gasteiger partial charge < -0.3 is 4.57 Å². The molecule has 0 aromatic carbocycles. The predicted octanol–water partition coefficient (Wildman–Crippen LogP) is 4.82. The van der Waals surface area contributed by atoms with E-state index >= 15 is 0 Å². The molecule has 2 nitrogen and oxygen atoms in total. The first kappa shape index (κ1) is 17.6. The van der Waals surface area contributed by atoms with Crippen molar-refractivity contribution in [1.29, 1.82) is 0 Å². The Balaban J connectivity index is 0. The molecule has 2 heteroatoms. The lowest BCUT2D eigenvalue weighted by Crippen LogP contribution is -1.98. The first-order chi connectivity index (χ1) is 7.84. The van der Waals surface area contributed by atoms with Gasteiger partial charge in [0.25, 0.3) is 0 Å². The fourth-order valence-electron chi connectivity index (χ4n) is 1.35. The van der Waals surface area contributed by atoms with Crippen LogP contribution in [0.2, 0.25) is 0 Å². The molecule has 1 heterocycles. The van der Waals surface area contributed by atoms with E-state index in [0.29, 0.717) is 0 Å². The highest BCUT2D eigenvalue weighted by molar-refractivity contribution is 4.87. The van der Waals surface area contributed by atoms with Crippen LogP contribution in [0.1, 0.15) is 66.1 Å². The highest BCUT2D eigenvalue weighted by atomic mass is 15.0. The quantitative estimate of drug-likeness (QED) is 0.658. The van der Waals surface area contributed by atoms with Crippen molar-refractivity contribution < 1.29 is 0 Å². The van der Waals surface area contributed by atoms with Gasteiger partial charge in [-0.3, -0.25) is 0 Å². The third kappa shape index (κ3) is 8.51. The number of hydrogen-bond donors (Lipinski definition) is 0. The lowest BCUT2D eigenvalue weighted by molar-refractivity contribution is 0.573. The summed E-state index contributed by atoms with van der Waals surface area (Å²) in [5, 5.41) is 0. The van der Waals surface area contributed by atoms with Crippen LogP contribution in [-0.2, 0) is 6.54 Å². The largest absolute Gasteiger partial charge is 0.335 e. The van der Waals surface area contributed by atoms with E-state index in [1.54, 1.807) is 0 Å². The second kappa shape index (κ2) is 14.2. The Morgan fingerprint density at radius 3 is 2.12 bits per heavy atom. The highest BCUT2D eigenvalue weighted by Crippen LogP contribution is 2.03. The Bertz CT molecular complexity index is 216. The topological polar surface area (TPSA) is 17.8 Å². The predicted molar refractivity (Wildman–Crippen MR) is 73.8 cm³/mol.